The van der Waals surface area contributed by atoms with E-state index < -0.39 is 12.7 Å². The first-order chi connectivity index (χ1) is 12.4. The molecule has 4 nitrogen and oxygen atoms in total. The molecule has 146 valence electrons. The summed E-state index contributed by atoms with van der Waals surface area (Å²) in [5.74, 6) is 1.16. The lowest BCUT2D eigenvalue weighted by Crippen LogP contribution is -2.41. The summed E-state index contributed by atoms with van der Waals surface area (Å²) in [7, 11) is 1.71. The number of benzene rings is 1. The van der Waals surface area contributed by atoms with Crippen molar-refractivity contribution in [3.8, 4) is 0 Å². The quantitative estimate of drug-likeness (QED) is 0.575. The van der Waals surface area contributed by atoms with E-state index in [1.165, 1.54) is 4.90 Å². The number of hydrogen-bond donors (Lipinski definition) is 2. The van der Waals surface area contributed by atoms with Crippen LogP contribution in [0.4, 0.5) is 13.2 Å². The lowest BCUT2D eigenvalue weighted by atomic mass is 9.93. The molecule has 0 unspecified atom stereocenters. The Bertz CT molecular complexity index is 584. The van der Waals surface area contributed by atoms with Gasteiger partial charge in [0.25, 0.3) is 0 Å². The van der Waals surface area contributed by atoms with Crippen LogP contribution in [0.5, 0.6) is 0 Å². The van der Waals surface area contributed by atoms with Gasteiger partial charge in [-0.3, -0.25) is 9.89 Å². The Balaban J connectivity index is 1.64. The summed E-state index contributed by atoms with van der Waals surface area (Å²) in [5, 5.41) is 7.19. The zero-order chi connectivity index (χ0) is 19.0. The molecule has 1 heterocycles. The lowest BCUT2D eigenvalue weighted by Gasteiger charge is -2.32. The van der Waals surface area contributed by atoms with Crippen molar-refractivity contribution in [3.63, 3.8) is 0 Å². The first kappa shape index (κ1) is 20.8. The molecule has 0 radical (unpaired) electrons. The lowest BCUT2D eigenvalue weighted by molar-refractivity contribution is -0.148. The van der Waals surface area contributed by atoms with Crippen LogP contribution in [0.25, 0.3) is 0 Å². The summed E-state index contributed by atoms with van der Waals surface area (Å²) >= 11 is 5.97. The number of hydrogen-bond acceptors (Lipinski definition) is 2. The van der Waals surface area contributed by atoms with Crippen molar-refractivity contribution in [1.82, 2.24) is 15.5 Å². The molecule has 1 saturated heterocycles. The zero-order valence-corrected chi connectivity index (χ0v) is 15.7. The third kappa shape index (κ3) is 7.83. The van der Waals surface area contributed by atoms with Crippen molar-refractivity contribution < 1.29 is 13.2 Å². The molecule has 1 aliphatic heterocycles. The molecular formula is C18H26ClF3N4. The number of likely N-dealkylation sites (tertiary alicyclic amines) is 1. The molecular weight excluding hydrogens is 365 g/mol. The van der Waals surface area contributed by atoms with Crippen LogP contribution in [-0.4, -0.2) is 50.3 Å². The van der Waals surface area contributed by atoms with E-state index in [-0.39, 0.29) is 0 Å². The maximum Gasteiger partial charge on any atom is 0.401 e. The van der Waals surface area contributed by atoms with Crippen LogP contribution in [-0.2, 0) is 6.54 Å². The fourth-order valence-corrected chi connectivity index (χ4v) is 3.35. The molecule has 0 bridgehead atoms. The molecule has 0 aromatic heterocycles. The van der Waals surface area contributed by atoms with Crippen LogP contribution >= 0.6 is 11.6 Å². The summed E-state index contributed by atoms with van der Waals surface area (Å²) in [6.45, 7) is 1.62. The number of halogens is 4. The number of piperidine rings is 1. The Morgan fingerprint density at radius 3 is 2.62 bits per heavy atom. The molecule has 0 amide bonds. The van der Waals surface area contributed by atoms with Crippen LogP contribution in [0.2, 0.25) is 5.02 Å². The Labute approximate surface area is 157 Å². The molecule has 1 aliphatic rings. The maximum absolute atomic E-state index is 12.4. The molecule has 26 heavy (non-hydrogen) atoms. The first-order valence-corrected chi connectivity index (χ1v) is 9.21. The van der Waals surface area contributed by atoms with Gasteiger partial charge in [-0.25, -0.2) is 0 Å². The Kier molecular flexibility index (Phi) is 8.03. The summed E-state index contributed by atoms with van der Waals surface area (Å²) in [6.07, 6.45) is -1.55. The molecule has 1 aromatic carbocycles. The predicted octanol–water partition coefficient (Wildman–Crippen LogP) is 3.67. The van der Waals surface area contributed by atoms with Crippen LogP contribution in [0, 0.1) is 5.92 Å². The summed E-state index contributed by atoms with van der Waals surface area (Å²) in [6, 6.07) is 7.62. The Hall–Kier alpha value is -1.47. The highest BCUT2D eigenvalue weighted by molar-refractivity contribution is 6.30. The van der Waals surface area contributed by atoms with E-state index >= 15 is 0 Å². The molecule has 0 aliphatic carbocycles. The van der Waals surface area contributed by atoms with Crippen molar-refractivity contribution in [2.24, 2.45) is 10.9 Å². The summed E-state index contributed by atoms with van der Waals surface area (Å²) < 4.78 is 37.2. The third-order valence-electron chi connectivity index (χ3n) is 4.53. The van der Waals surface area contributed by atoms with Crippen LogP contribution < -0.4 is 10.6 Å². The molecule has 0 saturated carbocycles. The fraction of sp³-hybridized carbons (Fsp3) is 0.611. The topological polar surface area (TPSA) is 39.7 Å². The number of aliphatic imine (C=N–C) groups is 1. The number of nitrogens with one attached hydrogen (secondary N) is 2. The standard InChI is InChI=1S/C18H26ClF3N4/c1-23-17(25-12-15-3-2-4-16(19)11-15)24-8-5-14-6-9-26(10-7-14)13-18(20,21)22/h2-4,11,14H,5-10,12-13H2,1H3,(H2,23,24,25). The van der Waals surface area contributed by atoms with Gasteiger partial charge < -0.3 is 10.6 Å². The minimum atomic E-state index is -4.10. The van der Waals surface area contributed by atoms with Crippen LogP contribution in [0.3, 0.4) is 0 Å². The number of nitrogens with zero attached hydrogens (tertiary/aromatic N) is 2. The highest BCUT2D eigenvalue weighted by Crippen LogP contribution is 2.23. The smallest absolute Gasteiger partial charge is 0.356 e. The van der Waals surface area contributed by atoms with Gasteiger partial charge in [0.05, 0.1) is 6.54 Å². The highest BCUT2D eigenvalue weighted by atomic mass is 35.5. The molecule has 8 heteroatoms. The van der Waals surface area contributed by atoms with Crippen LogP contribution in [0.1, 0.15) is 24.8 Å². The van der Waals surface area contributed by atoms with E-state index in [0.717, 1.165) is 31.4 Å². The normalized spacial score (nSPS) is 17.3. The molecule has 2 rings (SSSR count). The van der Waals surface area contributed by atoms with Crippen LogP contribution in [0.15, 0.2) is 29.3 Å². The third-order valence-corrected chi connectivity index (χ3v) is 4.76. The molecule has 2 N–H and O–H groups in total. The van der Waals surface area contributed by atoms with Gasteiger partial charge in [-0.05, 0) is 56.0 Å². The molecule has 0 spiro atoms. The molecule has 1 aromatic rings. The zero-order valence-electron chi connectivity index (χ0n) is 14.9. The van der Waals surface area contributed by atoms with Crippen molar-refractivity contribution in [3.05, 3.63) is 34.9 Å². The average Bonchev–Trinajstić information content (AvgIpc) is 2.58. The van der Waals surface area contributed by atoms with E-state index in [9.17, 15) is 13.2 Å². The van der Waals surface area contributed by atoms with Gasteiger partial charge in [0.1, 0.15) is 0 Å². The minimum absolute atomic E-state index is 0.456. The Morgan fingerprint density at radius 1 is 1.27 bits per heavy atom. The fourth-order valence-electron chi connectivity index (χ4n) is 3.13. The second kappa shape index (κ2) is 10.0. The van der Waals surface area contributed by atoms with Crippen molar-refractivity contribution in [2.45, 2.75) is 32.0 Å². The highest BCUT2D eigenvalue weighted by Gasteiger charge is 2.32. The van der Waals surface area contributed by atoms with E-state index in [0.29, 0.717) is 36.5 Å². The monoisotopic (exact) mass is 390 g/mol. The van der Waals surface area contributed by atoms with E-state index in [4.69, 9.17) is 11.6 Å². The van der Waals surface area contributed by atoms with Gasteiger partial charge >= 0.3 is 6.18 Å². The largest absolute Gasteiger partial charge is 0.401 e. The van der Waals surface area contributed by atoms with Gasteiger partial charge in [-0.2, -0.15) is 13.2 Å². The Morgan fingerprint density at radius 2 is 2.00 bits per heavy atom. The summed E-state index contributed by atoms with van der Waals surface area (Å²) in [4.78, 5) is 5.68. The van der Waals surface area contributed by atoms with E-state index in [1.807, 2.05) is 24.3 Å². The second-order valence-corrected chi connectivity index (χ2v) is 7.04. The second-order valence-electron chi connectivity index (χ2n) is 6.61. The van der Waals surface area contributed by atoms with E-state index in [1.54, 1.807) is 7.05 Å². The van der Waals surface area contributed by atoms with Gasteiger partial charge in [-0.15, -0.1) is 0 Å². The average molecular weight is 391 g/mol. The molecule has 1 fully saturated rings. The SMILES string of the molecule is CN=C(NCCC1CCN(CC(F)(F)F)CC1)NCc1cccc(Cl)c1. The predicted molar refractivity (Wildman–Crippen MR) is 99.5 cm³/mol. The van der Waals surface area contributed by atoms with Crippen molar-refractivity contribution in [1.29, 1.82) is 0 Å². The molecule has 0 atom stereocenters. The van der Waals surface area contributed by atoms with Gasteiger partial charge in [0.2, 0.25) is 0 Å². The van der Waals surface area contributed by atoms with Gasteiger partial charge in [-0.1, -0.05) is 23.7 Å². The first-order valence-electron chi connectivity index (χ1n) is 8.84. The summed E-state index contributed by atoms with van der Waals surface area (Å²) in [5.41, 5.74) is 1.07. The van der Waals surface area contributed by atoms with Gasteiger partial charge in [0, 0.05) is 25.2 Å². The number of rotatable bonds is 6. The number of alkyl halides is 3. The van der Waals surface area contributed by atoms with Gasteiger partial charge in [0.15, 0.2) is 5.96 Å². The minimum Gasteiger partial charge on any atom is -0.356 e. The number of guanidine groups is 1. The maximum atomic E-state index is 12.4. The van der Waals surface area contributed by atoms with E-state index in [2.05, 4.69) is 15.6 Å². The van der Waals surface area contributed by atoms with Crippen molar-refractivity contribution >= 4 is 17.6 Å². The van der Waals surface area contributed by atoms with Crippen molar-refractivity contribution in [2.75, 3.05) is 33.2 Å².